The molecule has 0 saturated heterocycles. The maximum absolute atomic E-state index is 11.9. The third-order valence-corrected chi connectivity index (χ3v) is 4.94. The summed E-state index contributed by atoms with van der Waals surface area (Å²) in [6.45, 7) is 4.81. The Morgan fingerprint density at radius 2 is 2.10 bits per heavy atom. The van der Waals surface area contributed by atoms with E-state index in [-0.39, 0.29) is 5.91 Å². The Labute approximate surface area is 168 Å². The minimum absolute atomic E-state index is 0.0625. The van der Waals surface area contributed by atoms with Crippen LogP contribution >= 0.6 is 0 Å². The second-order valence-corrected chi connectivity index (χ2v) is 6.91. The maximum Gasteiger partial charge on any atom is 0.246 e. The van der Waals surface area contributed by atoms with Crippen LogP contribution in [0.4, 0.5) is 0 Å². The van der Waals surface area contributed by atoms with E-state index in [9.17, 15) is 10.1 Å². The fourth-order valence-corrected chi connectivity index (χ4v) is 3.49. The van der Waals surface area contributed by atoms with E-state index in [1.54, 1.807) is 26.5 Å². The zero-order valence-electron chi connectivity index (χ0n) is 16.1. The Hall–Kier alpha value is -3.92. The van der Waals surface area contributed by atoms with E-state index in [0.29, 0.717) is 18.7 Å². The Balaban J connectivity index is 1.74. The minimum Gasteiger partial charge on any atom is -0.335 e. The fourth-order valence-electron chi connectivity index (χ4n) is 3.49. The second-order valence-electron chi connectivity index (χ2n) is 6.91. The molecule has 3 aromatic rings. The molecule has 0 bridgehead atoms. The largest absolute Gasteiger partial charge is 0.335 e. The molecule has 1 aliphatic heterocycles. The van der Waals surface area contributed by atoms with Gasteiger partial charge < -0.3 is 4.90 Å². The van der Waals surface area contributed by atoms with Crippen LogP contribution in [0.15, 0.2) is 61.2 Å². The van der Waals surface area contributed by atoms with Gasteiger partial charge in [-0.05, 0) is 24.1 Å². The third-order valence-electron chi connectivity index (χ3n) is 4.94. The molecule has 4 heterocycles. The number of pyridine rings is 1. The van der Waals surface area contributed by atoms with E-state index < -0.39 is 0 Å². The number of amides is 1. The van der Waals surface area contributed by atoms with Gasteiger partial charge in [-0.1, -0.05) is 24.8 Å². The standard InChI is InChI=1S/C22H20N6O/c1-3-21(29)27-8-4-5-16(13-27)6-7-17-9-18(20-12-24-26(2)14-20)15-28-22(17)19(10-23)11-25-28/h3,5-7,9,11-12,14-15H,1,4,8,13H2,2H3/b7-6+. The van der Waals surface area contributed by atoms with Crippen LogP contribution in [0, 0.1) is 11.3 Å². The van der Waals surface area contributed by atoms with Crippen molar-refractivity contribution in [2.45, 2.75) is 6.42 Å². The van der Waals surface area contributed by atoms with E-state index in [1.165, 1.54) is 6.08 Å². The molecule has 0 saturated carbocycles. The summed E-state index contributed by atoms with van der Waals surface area (Å²) in [6, 6.07) is 4.24. The lowest BCUT2D eigenvalue weighted by Gasteiger charge is -2.25. The highest BCUT2D eigenvalue weighted by Crippen LogP contribution is 2.26. The molecule has 29 heavy (non-hydrogen) atoms. The van der Waals surface area contributed by atoms with Gasteiger partial charge in [-0.3, -0.25) is 9.48 Å². The Morgan fingerprint density at radius 3 is 2.83 bits per heavy atom. The first-order chi connectivity index (χ1) is 14.1. The van der Waals surface area contributed by atoms with Crippen LogP contribution in [0.2, 0.25) is 0 Å². The van der Waals surface area contributed by atoms with Gasteiger partial charge in [0.15, 0.2) is 0 Å². The van der Waals surface area contributed by atoms with Crippen molar-refractivity contribution >= 4 is 17.5 Å². The minimum atomic E-state index is -0.0625. The van der Waals surface area contributed by atoms with E-state index in [4.69, 9.17) is 0 Å². The van der Waals surface area contributed by atoms with Gasteiger partial charge in [0.2, 0.25) is 5.91 Å². The van der Waals surface area contributed by atoms with Crippen molar-refractivity contribution in [3.8, 4) is 17.2 Å². The first-order valence-corrected chi connectivity index (χ1v) is 9.28. The van der Waals surface area contributed by atoms with Crippen molar-refractivity contribution in [1.82, 2.24) is 24.3 Å². The first kappa shape index (κ1) is 18.4. The van der Waals surface area contributed by atoms with Crippen molar-refractivity contribution in [3.05, 3.63) is 72.4 Å². The van der Waals surface area contributed by atoms with Crippen LogP contribution in [0.1, 0.15) is 17.5 Å². The molecular formula is C22H20N6O. The molecule has 144 valence electrons. The van der Waals surface area contributed by atoms with Gasteiger partial charge in [-0.15, -0.1) is 0 Å². The van der Waals surface area contributed by atoms with Crippen LogP contribution in [-0.4, -0.2) is 43.3 Å². The molecule has 7 nitrogen and oxygen atoms in total. The lowest BCUT2D eigenvalue weighted by Crippen LogP contribution is -2.34. The summed E-state index contributed by atoms with van der Waals surface area (Å²) in [4.78, 5) is 13.7. The topological polar surface area (TPSA) is 79.2 Å². The third kappa shape index (κ3) is 3.60. The molecule has 0 N–H and O–H groups in total. The SMILES string of the molecule is C=CC(=O)N1CCC=C(/C=C/c2cc(-c3cnn(C)c3)cn3ncc(C#N)c23)C1. The molecule has 0 aliphatic carbocycles. The summed E-state index contributed by atoms with van der Waals surface area (Å²) in [6.07, 6.45) is 15.5. The molecule has 0 radical (unpaired) electrons. The summed E-state index contributed by atoms with van der Waals surface area (Å²) in [5.41, 5.74) is 5.13. The number of nitrogens with zero attached hydrogens (tertiary/aromatic N) is 6. The summed E-state index contributed by atoms with van der Waals surface area (Å²) in [7, 11) is 1.87. The highest BCUT2D eigenvalue weighted by Gasteiger charge is 2.15. The zero-order valence-corrected chi connectivity index (χ0v) is 16.1. The molecule has 1 aliphatic rings. The molecule has 0 fully saturated rings. The first-order valence-electron chi connectivity index (χ1n) is 9.28. The number of carbonyl (C=O) groups is 1. The number of aromatic nitrogens is 4. The monoisotopic (exact) mass is 384 g/mol. The van der Waals surface area contributed by atoms with Crippen LogP contribution in [-0.2, 0) is 11.8 Å². The number of carbonyl (C=O) groups excluding carboxylic acids is 1. The van der Waals surface area contributed by atoms with Gasteiger partial charge in [0, 0.05) is 49.2 Å². The van der Waals surface area contributed by atoms with Gasteiger partial charge in [0.05, 0.1) is 23.5 Å². The van der Waals surface area contributed by atoms with Crippen LogP contribution in [0.25, 0.3) is 22.7 Å². The summed E-state index contributed by atoms with van der Waals surface area (Å²) < 4.78 is 3.47. The van der Waals surface area contributed by atoms with Gasteiger partial charge in [0.1, 0.15) is 6.07 Å². The molecule has 0 unspecified atom stereocenters. The number of fused-ring (bicyclic) bond motifs is 1. The Kier molecular flexibility index (Phi) is 4.83. The lowest BCUT2D eigenvalue weighted by atomic mass is 10.0. The number of hydrogen-bond donors (Lipinski definition) is 0. The highest BCUT2D eigenvalue weighted by molar-refractivity contribution is 5.87. The molecule has 3 aromatic heterocycles. The van der Waals surface area contributed by atoms with Crippen molar-refractivity contribution < 1.29 is 4.79 Å². The smallest absolute Gasteiger partial charge is 0.246 e. The number of hydrogen-bond acceptors (Lipinski definition) is 4. The zero-order chi connectivity index (χ0) is 20.4. The molecule has 0 atom stereocenters. The fraction of sp³-hybridized carbons (Fsp3) is 0.182. The van der Waals surface area contributed by atoms with Gasteiger partial charge in [-0.2, -0.15) is 15.5 Å². The van der Waals surface area contributed by atoms with Crippen molar-refractivity contribution in [2.75, 3.05) is 13.1 Å². The van der Waals surface area contributed by atoms with Crippen LogP contribution in [0.3, 0.4) is 0 Å². The maximum atomic E-state index is 11.9. The van der Waals surface area contributed by atoms with E-state index >= 15 is 0 Å². The van der Waals surface area contributed by atoms with Crippen molar-refractivity contribution in [1.29, 1.82) is 5.26 Å². The number of nitriles is 1. The second kappa shape index (κ2) is 7.60. The predicted molar refractivity (Wildman–Crippen MR) is 111 cm³/mol. The Bertz CT molecular complexity index is 1200. The summed E-state index contributed by atoms with van der Waals surface area (Å²) >= 11 is 0. The summed E-state index contributed by atoms with van der Waals surface area (Å²) in [5.74, 6) is -0.0625. The average molecular weight is 384 g/mol. The van der Waals surface area contributed by atoms with Gasteiger partial charge >= 0.3 is 0 Å². The molecular weight excluding hydrogens is 364 g/mol. The molecule has 7 heteroatoms. The highest BCUT2D eigenvalue weighted by atomic mass is 16.2. The van der Waals surface area contributed by atoms with E-state index in [1.807, 2.05) is 37.7 Å². The lowest BCUT2D eigenvalue weighted by molar-refractivity contribution is -0.125. The average Bonchev–Trinajstić information content (AvgIpc) is 3.37. The van der Waals surface area contributed by atoms with Crippen molar-refractivity contribution in [3.63, 3.8) is 0 Å². The normalized spacial score (nSPS) is 14.2. The van der Waals surface area contributed by atoms with E-state index in [2.05, 4.69) is 28.9 Å². The molecule has 0 spiro atoms. The quantitative estimate of drug-likeness (QED) is 0.648. The van der Waals surface area contributed by atoms with Crippen molar-refractivity contribution in [2.24, 2.45) is 7.05 Å². The predicted octanol–water partition coefficient (Wildman–Crippen LogP) is 2.96. The van der Waals surface area contributed by atoms with Gasteiger partial charge in [0.25, 0.3) is 0 Å². The molecule has 4 rings (SSSR count). The number of rotatable bonds is 4. The Morgan fingerprint density at radius 1 is 1.24 bits per heavy atom. The van der Waals surface area contributed by atoms with Crippen LogP contribution < -0.4 is 0 Å². The van der Waals surface area contributed by atoms with E-state index in [0.717, 1.165) is 34.2 Å². The molecule has 0 aromatic carbocycles. The van der Waals surface area contributed by atoms with Gasteiger partial charge in [-0.25, -0.2) is 4.52 Å². The van der Waals surface area contributed by atoms with Crippen LogP contribution in [0.5, 0.6) is 0 Å². The summed E-state index contributed by atoms with van der Waals surface area (Å²) in [5, 5.41) is 18.0. The number of aryl methyl sites for hydroxylation is 1. The molecule has 1 amide bonds.